The van der Waals surface area contributed by atoms with Crippen molar-refractivity contribution in [3.8, 4) is 5.69 Å². The van der Waals surface area contributed by atoms with E-state index in [4.69, 9.17) is 0 Å². The third kappa shape index (κ3) is 5.71. The summed E-state index contributed by atoms with van der Waals surface area (Å²) >= 11 is 0. The smallest absolute Gasteiger partial charge is 0.191 e. The standard InChI is InChI=1S/C22H29N7.HI/c1-16-13-17(2)29(27-16)20-11-7-6-9-18(20)14-25-22(23-3)26-15-19-10-8-12-24-21(19)28(4)5;/h6-13H,14-15H2,1-5H3,(H2,23,25,26);1H. The number of pyridine rings is 1. The molecule has 0 aliphatic carbocycles. The molecule has 0 spiro atoms. The average molecular weight is 519 g/mol. The molecule has 0 atom stereocenters. The minimum absolute atomic E-state index is 0. The molecule has 2 heterocycles. The first-order valence-corrected chi connectivity index (χ1v) is 9.67. The fraction of sp³-hybridized carbons (Fsp3) is 0.318. The van der Waals surface area contributed by atoms with Crippen molar-refractivity contribution in [2.45, 2.75) is 26.9 Å². The van der Waals surface area contributed by atoms with E-state index < -0.39 is 0 Å². The largest absolute Gasteiger partial charge is 0.362 e. The van der Waals surface area contributed by atoms with Crippen LogP contribution in [-0.4, -0.2) is 41.9 Å². The Morgan fingerprint density at radius 2 is 1.70 bits per heavy atom. The van der Waals surface area contributed by atoms with Gasteiger partial charge in [-0.3, -0.25) is 4.99 Å². The number of nitrogens with one attached hydrogen (secondary N) is 2. The fourth-order valence-corrected chi connectivity index (χ4v) is 3.29. The van der Waals surface area contributed by atoms with Crippen molar-refractivity contribution >= 4 is 35.8 Å². The number of guanidine groups is 1. The van der Waals surface area contributed by atoms with E-state index in [2.05, 4.69) is 56.9 Å². The highest BCUT2D eigenvalue weighted by atomic mass is 127. The predicted molar refractivity (Wildman–Crippen MR) is 134 cm³/mol. The molecule has 2 N–H and O–H groups in total. The summed E-state index contributed by atoms with van der Waals surface area (Å²) in [6, 6.07) is 14.4. The van der Waals surface area contributed by atoms with E-state index in [0.29, 0.717) is 13.1 Å². The van der Waals surface area contributed by atoms with Gasteiger partial charge < -0.3 is 15.5 Å². The first-order chi connectivity index (χ1) is 14.0. The molecule has 0 saturated carbocycles. The van der Waals surface area contributed by atoms with E-state index in [1.54, 1.807) is 7.05 Å². The van der Waals surface area contributed by atoms with Gasteiger partial charge in [0.05, 0.1) is 11.4 Å². The number of aryl methyl sites for hydroxylation is 2. The molecule has 3 rings (SSSR count). The van der Waals surface area contributed by atoms with Crippen LogP contribution in [0.15, 0.2) is 53.7 Å². The molecule has 0 bridgehead atoms. The second-order valence-electron chi connectivity index (χ2n) is 7.13. The molecule has 0 aliphatic heterocycles. The lowest BCUT2D eigenvalue weighted by molar-refractivity contribution is 0.779. The van der Waals surface area contributed by atoms with Gasteiger partial charge in [-0.15, -0.1) is 24.0 Å². The summed E-state index contributed by atoms with van der Waals surface area (Å²) in [5.74, 6) is 1.69. The second kappa shape index (κ2) is 11.0. The van der Waals surface area contributed by atoms with Gasteiger partial charge >= 0.3 is 0 Å². The summed E-state index contributed by atoms with van der Waals surface area (Å²) in [6.45, 7) is 5.36. The van der Waals surface area contributed by atoms with Crippen molar-refractivity contribution in [2.24, 2.45) is 4.99 Å². The number of halogens is 1. The normalized spacial score (nSPS) is 11.0. The number of nitrogens with zero attached hydrogens (tertiary/aromatic N) is 5. The van der Waals surface area contributed by atoms with Crippen molar-refractivity contribution in [1.29, 1.82) is 0 Å². The summed E-state index contributed by atoms with van der Waals surface area (Å²) < 4.78 is 1.99. The Hall–Kier alpha value is -2.62. The Labute approximate surface area is 195 Å². The van der Waals surface area contributed by atoms with Gasteiger partial charge in [0.1, 0.15) is 5.82 Å². The number of rotatable bonds is 6. The molecular formula is C22H30IN7. The van der Waals surface area contributed by atoms with Gasteiger partial charge in [-0.1, -0.05) is 24.3 Å². The highest BCUT2D eigenvalue weighted by Gasteiger charge is 2.10. The third-order valence-electron chi connectivity index (χ3n) is 4.64. The number of benzene rings is 1. The van der Waals surface area contributed by atoms with Crippen molar-refractivity contribution in [2.75, 3.05) is 26.0 Å². The molecule has 160 valence electrons. The van der Waals surface area contributed by atoms with Crippen LogP contribution >= 0.6 is 24.0 Å². The molecule has 7 nitrogen and oxygen atoms in total. The summed E-state index contributed by atoms with van der Waals surface area (Å²) in [4.78, 5) is 10.8. The number of aromatic nitrogens is 3. The molecule has 0 aliphatic rings. The number of para-hydroxylation sites is 1. The van der Waals surface area contributed by atoms with Crippen molar-refractivity contribution < 1.29 is 0 Å². The lowest BCUT2D eigenvalue weighted by atomic mass is 10.1. The van der Waals surface area contributed by atoms with Gasteiger partial charge in [0, 0.05) is 51.7 Å². The molecule has 30 heavy (non-hydrogen) atoms. The summed E-state index contributed by atoms with van der Waals surface area (Å²) in [7, 11) is 5.77. The van der Waals surface area contributed by atoms with Crippen LogP contribution in [0.3, 0.4) is 0 Å². The van der Waals surface area contributed by atoms with E-state index in [-0.39, 0.29) is 24.0 Å². The lowest BCUT2D eigenvalue weighted by Crippen LogP contribution is -2.37. The maximum Gasteiger partial charge on any atom is 0.191 e. The summed E-state index contributed by atoms with van der Waals surface area (Å²) in [6.07, 6.45) is 1.81. The maximum absolute atomic E-state index is 4.62. The molecule has 3 aromatic rings. The molecule has 8 heteroatoms. The number of hydrogen-bond donors (Lipinski definition) is 2. The molecular weight excluding hydrogens is 489 g/mol. The average Bonchev–Trinajstić information content (AvgIpc) is 3.06. The Morgan fingerprint density at radius 3 is 2.33 bits per heavy atom. The quantitative estimate of drug-likeness (QED) is 0.297. The van der Waals surface area contributed by atoms with E-state index in [1.807, 2.05) is 55.0 Å². The Balaban J connectivity index is 0.00000320. The van der Waals surface area contributed by atoms with Crippen LogP contribution < -0.4 is 15.5 Å². The Kier molecular flexibility index (Phi) is 8.64. The van der Waals surface area contributed by atoms with Gasteiger partial charge in [-0.25, -0.2) is 9.67 Å². The van der Waals surface area contributed by atoms with Crippen LogP contribution in [0.5, 0.6) is 0 Å². The molecule has 0 amide bonds. The Bertz CT molecular complexity index is 995. The van der Waals surface area contributed by atoms with E-state index in [9.17, 15) is 0 Å². The maximum atomic E-state index is 4.62. The number of anilines is 1. The van der Waals surface area contributed by atoms with Gasteiger partial charge in [0.25, 0.3) is 0 Å². The van der Waals surface area contributed by atoms with Crippen molar-refractivity contribution in [3.05, 3.63) is 71.2 Å². The minimum atomic E-state index is 0. The highest BCUT2D eigenvalue weighted by Crippen LogP contribution is 2.17. The van der Waals surface area contributed by atoms with Crippen molar-refractivity contribution in [3.63, 3.8) is 0 Å². The monoisotopic (exact) mass is 519 g/mol. The number of hydrogen-bond acceptors (Lipinski definition) is 4. The minimum Gasteiger partial charge on any atom is -0.362 e. The zero-order chi connectivity index (χ0) is 20.8. The summed E-state index contributed by atoms with van der Waals surface area (Å²) in [5.41, 5.74) is 5.46. The van der Waals surface area contributed by atoms with Crippen LogP contribution in [0.4, 0.5) is 5.82 Å². The van der Waals surface area contributed by atoms with E-state index >= 15 is 0 Å². The molecule has 0 unspecified atom stereocenters. The molecule has 0 radical (unpaired) electrons. The van der Waals surface area contributed by atoms with Crippen LogP contribution in [0.25, 0.3) is 5.69 Å². The van der Waals surface area contributed by atoms with Crippen LogP contribution in [0, 0.1) is 13.8 Å². The van der Waals surface area contributed by atoms with Crippen LogP contribution in [0.2, 0.25) is 0 Å². The van der Waals surface area contributed by atoms with Gasteiger partial charge in [0.15, 0.2) is 5.96 Å². The Morgan fingerprint density at radius 1 is 1.03 bits per heavy atom. The molecule has 0 saturated heterocycles. The van der Waals surface area contributed by atoms with Crippen molar-refractivity contribution in [1.82, 2.24) is 25.4 Å². The van der Waals surface area contributed by atoms with Gasteiger partial charge in [0.2, 0.25) is 0 Å². The van der Waals surface area contributed by atoms with Crippen LogP contribution in [0.1, 0.15) is 22.5 Å². The first-order valence-electron chi connectivity index (χ1n) is 9.67. The molecule has 0 fully saturated rings. The zero-order valence-corrected chi connectivity index (χ0v) is 20.5. The van der Waals surface area contributed by atoms with E-state index in [0.717, 1.165) is 40.0 Å². The van der Waals surface area contributed by atoms with Crippen LogP contribution in [-0.2, 0) is 13.1 Å². The van der Waals surface area contributed by atoms with Gasteiger partial charge in [-0.05, 0) is 37.6 Å². The first kappa shape index (κ1) is 23.7. The molecule has 2 aromatic heterocycles. The highest BCUT2D eigenvalue weighted by molar-refractivity contribution is 14.0. The topological polar surface area (TPSA) is 70.4 Å². The van der Waals surface area contributed by atoms with E-state index in [1.165, 1.54) is 0 Å². The SMILES string of the molecule is CN=C(NCc1ccccc1-n1nc(C)cc1C)NCc1cccnc1N(C)C.I. The summed E-state index contributed by atoms with van der Waals surface area (Å²) in [5, 5.41) is 11.4. The predicted octanol–water partition coefficient (Wildman–Crippen LogP) is 3.43. The number of aliphatic imine (C=N–C) groups is 1. The lowest BCUT2D eigenvalue weighted by Gasteiger charge is -2.18. The second-order valence-corrected chi connectivity index (χ2v) is 7.13. The zero-order valence-electron chi connectivity index (χ0n) is 18.2. The fourth-order valence-electron chi connectivity index (χ4n) is 3.29. The molecule has 1 aromatic carbocycles. The third-order valence-corrected chi connectivity index (χ3v) is 4.64. The van der Waals surface area contributed by atoms with Gasteiger partial charge in [-0.2, -0.15) is 5.10 Å².